The Balaban J connectivity index is 1.38. The molecule has 2 N–H and O–H groups in total. The van der Waals surface area contributed by atoms with Crippen LogP contribution in [-0.2, 0) is 14.3 Å². The van der Waals surface area contributed by atoms with E-state index in [1.165, 1.54) is 12.1 Å². The number of hydrogen-bond acceptors (Lipinski definition) is 5. The number of anilines is 1. The molecule has 2 saturated heterocycles. The number of carbonyl (C=O) groups is 1. The minimum absolute atomic E-state index is 0.0478. The normalized spacial score (nSPS) is 32.5. The molecule has 0 bridgehead atoms. The third kappa shape index (κ3) is 4.44. The maximum atomic E-state index is 13.0. The summed E-state index contributed by atoms with van der Waals surface area (Å²) in [5, 5.41) is 7.48. The van der Waals surface area contributed by atoms with Crippen molar-refractivity contribution in [2.75, 3.05) is 5.32 Å². The predicted molar refractivity (Wildman–Crippen MR) is 117 cm³/mol. The summed E-state index contributed by atoms with van der Waals surface area (Å²) in [7, 11) is 0. The highest BCUT2D eigenvalue weighted by Gasteiger charge is 2.61. The van der Waals surface area contributed by atoms with E-state index in [-0.39, 0.29) is 35.5 Å². The number of esters is 1. The second-order valence-corrected chi connectivity index (χ2v) is 8.45. The first-order chi connectivity index (χ1) is 14.4. The van der Waals surface area contributed by atoms with Crippen molar-refractivity contribution < 1.29 is 18.7 Å². The molecule has 0 saturated carbocycles. The monoisotopic (exact) mass is 429 g/mol. The average molecular weight is 430 g/mol. The molecular formula is C22H24FN3O3S. The lowest BCUT2D eigenvalue weighted by atomic mass is 9.84. The van der Waals surface area contributed by atoms with Crippen LogP contribution in [0, 0.1) is 11.7 Å². The number of fused-ring (bicyclic) bond motifs is 3. The molecule has 158 valence electrons. The van der Waals surface area contributed by atoms with Gasteiger partial charge in [-0.3, -0.25) is 5.43 Å². The lowest BCUT2D eigenvalue weighted by molar-refractivity contribution is -0.140. The molecule has 1 aromatic rings. The number of epoxide rings is 1. The Morgan fingerprint density at radius 2 is 2.17 bits per heavy atom. The Morgan fingerprint density at radius 1 is 1.40 bits per heavy atom. The van der Waals surface area contributed by atoms with E-state index in [9.17, 15) is 9.18 Å². The Morgan fingerprint density at radius 3 is 2.93 bits per heavy atom. The summed E-state index contributed by atoms with van der Waals surface area (Å²) in [6, 6.07) is 5.90. The molecule has 6 nitrogen and oxygen atoms in total. The third-order valence-corrected chi connectivity index (χ3v) is 6.07. The van der Waals surface area contributed by atoms with Crippen molar-refractivity contribution in [1.82, 2.24) is 5.43 Å². The number of benzene rings is 1. The van der Waals surface area contributed by atoms with Crippen LogP contribution < -0.4 is 10.7 Å². The van der Waals surface area contributed by atoms with E-state index >= 15 is 0 Å². The van der Waals surface area contributed by atoms with Crippen LogP contribution in [0.3, 0.4) is 0 Å². The highest BCUT2D eigenvalue weighted by atomic mass is 32.1. The minimum atomic E-state index is -0.319. The van der Waals surface area contributed by atoms with Gasteiger partial charge in [0, 0.05) is 17.2 Å². The zero-order valence-electron chi connectivity index (χ0n) is 16.7. The molecule has 8 heteroatoms. The van der Waals surface area contributed by atoms with Gasteiger partial charge in [0.25, 0.3) is 0 Å². The fourth-order valence-electron chi connectivity index (χ4n) is 4.07. The molecule has 0 radical (unpaired) electrons. The highest BCUT2D eigenvalue weighted by Crippen LogP contribution is 2.49. The van der Waals surface area contributed by atoms with Gasteiger partial charge in [0.1, 0.15) is 18.0 Å². The van der Waals surface area contributed by atoms with Crippen LogP contribution in [0.1, 0.15) is 32.6 Å². The highest BCUT2D eigenvalue weighted by molar-refractivity contribution is 7.80. The van der Waals surface area contributed by atoms with Crippen molar-refractivity contribution in [3.63, 3.8) is 0 Å². The first kappa shape index (κ1) is 20.7. The van der Waals surface area contributed by atoms with Crippen molar-refractivity contribution >= 4 is 35.2 Å². The van der Waals surface area contributed by atoms with E-state index in [4.69, 9.17) is 21.7 Å². The molecule has 1 aromatic carbocycles. The van der Waals surface area contributed by atoms with Gasteiger partial charge in [0.2, 0.25) is 0 Å². The van der Waals surface area contributed by atoms with Gasteiger partial charge >= 0.3 is 5.97 Å². The summed E-state index contributed by atoms with van der Waals surface area (Å²) in [5.41, 5.74) is 4.76. The lowest BCUT2D eigenvalue weighted by Gasteiger charge is -2.19. The molecule has 1 aliphatic carbocycles. The predicted octanol–water partition coefficient (Wildman–Crippen LogP) is 3.85. The van der Waals surface area contributed by atoms with Gasteiger partial charge in [0.15, 0.2) is 5.11 Å². The summed E-state index contributed by atoms with van der Waals surface area (Å²) in [5.74, 6) is -0.676. The number of hydrogen-bond donors (Lipinski definition) is 2. The smallest absolute Gasteiger partial charge is 0.334 e. The van der Waals surface area contributed by atoms with E-state index in [1.54, 1.807) is 18.3 Å². The molecule has 0 spiro atoms. The Bertz CT molecular complexity index is 930. The van der Waals surface area contributed by atoms with Crippen LogP contribution in [0.5, 0.6) is 0 Å². The number of rotatable bonds is 3. The lowest BCUT2D eigenvalue weighted by Crippen LogP contribution is -2.29. The van der Waals surface area contributed by atoms with E-state index < -0.39 is 0 Å². The number of hydrazone groups is 1. The standard InChI is InChI=1S/C22H24FN3O3S/c1-13-17-10-5-14(4-3-11-22(2)19(29-22)18(17)28-20(13)27)12-24-26-21(30)25-16-8-6-15(23)7-9-16/h4,6-9,12,17-19H,1,3,5,10-11H2,2H3,(H2,25,26,30)/b14-4+,24-12+/t17-,18-,19-,22+/m0/s1. The van der Waals surface area contributed by atoms with Crippen molar-refractivity contribution in [2.24, 2.45) is 11.0 Å². The average Bonchev–Trinajstić information content (AvgIpc) is 3.30. The number of halogens is 1. The number of ether oxygens (including phenoxy) is 2. The molecule has 0 unspecified atom stereocenters. The second-order valence-electron chi connectivity index (χ2n) is 8.04. The van der Waals surface area contributed by atoms with E-state index in [0.29, 0.717) is 16.4 Å². The zero-order valence-corrected chi connectivity index (χ0v) is 17.5. The maximum absolute atomic E-state index is 13.0. The molecule has 0 aromatic heterocycles. The van der Waals surface area contributed by atoms with Gasteiger partial charge in [-0.15, -0.1) is 0 Å². The van der Waals surface area contributed by atoms with Gasteiger partial charge in [-0.1, -0.05) is 12.7 Å². The van der Waals surface area contributed by atoms with Gasteiger partial charge < -0.3 is 14.8 Å². The van der Waals surface area contributed by atoms with Crippen LogP contribution >= 0.6 is 12.2 Å². The Labute approximate surface area is 180 Å². The topological polar surface area (TPSA) is 75.2 Å². The van der Waals surface area contributed by atoms with Crippen LogP contribution in [0.4, 0.5) is 10.1 Å². The van der Waals surface area contributed by atoms with Crippen molar-refractivity contribution in [2.45, 2.75) is 50.4 Å². The molecule has 30 heavy (non-hydrogen) atoms. The fraction of sp³-hybridized carbons (Fsp3) is 0.409. The number of carbonyl (C=O) groups excluding carboxylic acids is 1. The first-order valence-corrected chi connectivity index (χ1v) is 10.4. The summed E-state index contributed by atoms with van der Waals surface area (Å²) in [4.78, 5) is 12.0. The summed E-state index contributed by atoms with van der Waals surface area (Å²) in [6.07, 6.45) is 6.75. The molecule has 2 heterocycles. The Hall–Kier alpha value is -2.58. The first-order valence-electron chi connectivity index (χ1n) is 9.98. The second kappa shape index (κ2) is 8.28. The zero-order chi connectivity index (χ0) is 21.3. The largest absolute Gasteiger partial charge is 0.455 e. The maximum Gasteiger partial charge on any atom is 0.334 e. The fourth-order valence-corrected chi connectivity index (χ4v) is 4.24. The minimum Gasteiger partial charge on any atom is -0.455 e. The van der Waals surface area contributed by atoms with Gasteiger partial charge in [-0.05, 0) is 74.7 Å². The van der Waals surface area contributed by atoms with Crippen molar-refractivity contribution in [1.29, 1.82) is 0 Å². The van der Waals surface area contributed by atoms with Crippen molar-refractivity contribution in [3.05, 3.63) is 53.9 Å². The summed E-state index contributed by atoms with van der Waals surface area (Å²) in [6.45, 7) is 6.00. The van der Waals surface area contributed by atoms with E-state index in [2.05, 4.69) is 35.4 Å². The SMILES string of the molecule is C=C1C(=O)O[C@H]2[C@H]1CCC(/C=N/NC(=S)Nc1ccc(F)cc1)=C\CC[C@@]1(C)O[C@@H]21. The number of nitrogens with zero attached hydrogens (tertiary/aromatic N) is 1. The number of allylic oxidation sites excluding steroid dienone is 2. The molecule has 2 fully saturated rings. The molecule has 4 atom stereocenters. The molecular weight excluding hydrogens is 405 g/mol. The summed E-state index contributed by atoms with van der Waals surface area (Å²) >= 11 is 5.22. The molecule has 0 amide bonds. The number of nitrogens with one attached hydrogen (secondary N) is 2. The van der Waals surface area contributed by atoms with Crippen LogP contribution in [0.25, 0.3) is 0 Å². The van der Waals surface area contributed by atoms with Crippen LogP contribution in [-0.4, -0.2) is 35.1 Å². The van der Waals surface area contributed by atoms with Gasteiger partial charge in [-0.25, -0.2) is 9.18 Å². The Kier molecular flexibility index (Phi) is 5.71. The summed E-state index contributed by atoms with van der Waals surface area (Å²) < 4.78 is 24.5. The van der Waals surface area contributed by atoms with Crippen LogP contribution in [0.2, 0.25) is 0 Å². The van der Waals surface area contributed by atoms with E-state index in [0.717, 1.165) is 31.3 Å². The van der Waals surface area contributed by atoms with Gasteiger partial charge in [-0.2, -0.15) is 5.10 Å². The quantitative estimate of drug-likeness (QED) is 0.190. The van der Waals surface area contributed by atoms with E-state index in [1.807, 2.05) is 0 Å². The molecule has 4 rings (SSSR count). The van der Waals surface area contributed by atoms with Crippen LogP contribution in [0.15, 0.2) is 53.2 Å². The number of thiocarbonyl (C=S) groups is 1. The third-order valence-electron chi connectivity index (χ3n) is 5.88. The molecule has 3 aliphatic rings. The van der Waals surface area contributed by atoms with Gasteiger partial charge in [0.05, 0.1) is 11.8 Å². The molecule has 2 aliphatic heterocycles. The van der Waals surface area contributed by atoms with Crippen molar-refractivity contribution in [3.8, 4) is 0 Å².